The van der Waals surface area contributed by atoms with E-state index in [0.29, 0.717) is 17.7 Å². The van der Waals surface area contributed by atoms with E-state index in [1.165, 1.54) is 19.9 Å². The quantitative estimate of drug-likeness (QED) is 0.0550. The van der Waals surface area contributed by atoms with Gasteiger partial charge in [0.1, 0.15) is 65.6 Å². The van der Waals surface area contributed by atoms with Gasteiger partial charge in [0.25, 0.3) is 5.91 Å². The molecule has 0 saturated carbocycles. The molecule has 27 nitrogen and oxygen atoms in total. The Morgan fingerprint density at radius 1 is 0.701 bits per heavy atom. The predicted molar refractivity (Wildman–Crippen MR) is 278 cm³/mol. The van der Waals surface area contributed by atoms with Crippen molar-refractivity contribution in [1.82, 2.24) is 53.2 Å². The topological polar surface area (TPSA) is 443 Å². The van der Waals surface area contributed by atoms with Crippen LogP contribution in [0.2, 0.25) is 0 Å². The second-order valence-electron chi connectivity index (χ2n) is 18.7. The number of amides is 10. The van der Waals surface area contributed by atoms with Gasteiger partial charge in [-0.25, -0.2) is 0 Å². The first-order valence-corrected chi connectivity index (χ1v) is 25.5. The number of aryl methyl sites for hydroxylation is 1. The Bertz CT molecular complexity index is 2360. The van der Waals surface area contributed by atoms with Gasteiger partial charge in [0.2, 0.25) is 53.2 Å². The van der Waals surface area contributed by atoms with Crippen molar-refractivity contribution in [3.05, 3.63) is 71.3 Å². The maximum Gasteiger partial charge on any atom is 0.268 e. The number of carbonyl (C=O) groups is 10. The van der Waals surface area contributed by atoms with Crippen molar-refractivity contribution in [3.8, 4) is 0 Å². The van der Waals surface area contributed by atoms with Crippen LogP contribution in [0.15, 0.2) is 58.7 Å². The number of allylic oxidation sites excluding steroid dienone is 1. The molecule has 0 radical (unpaired) electrons. The summed E-state index contributed by atoms with van der Waals surface area (Å²) in [7, 11) is 0. The fourth-order valence-corrected chi connectivity index (χ4v) is 7.75. The molecule has 0 spiro atoms. The molecule has 1 aromatic heterocycles. The van der Waals surface area contributed by atoms with Crippen molar-refractivity contribution in [1.29, 1.82) is 0 Å². The molecule has 0 bridgehead atoms. The highest BCUT2D eigenvalue weighted by atomic mass is 16.3. The molecule has 10 amide bonds. The van der Waals surface area contributed by atoms with Crippen LogP contribution >= 0.6 is 0 Å². The van der Waals surface area contributed by atoms with Crippen LogP contribution < -0.4 is 70.4 Å². The second-order valence-corrected chi connectivity index (χ2v) is 18.7. The molecular weight excluding hydrogens is 1010 g/mol. The Morgan fingerprint density at radius 2 is 1.26 bits per heavy atom. The average molecular weight is 1080 g/mol. The van der Waals surface area contributed by atoms with E-state index in [1.807, 2.05) is 6.92 Å². The third-order valence-electron chi connectivity index (χ3n) is 11.9. The van der Waals surface area contributed by atoms with Crippen LogP contribution in [0, 0.1) is 5.92 Å². The Balaban J connectivity index is 2.08. The van der Waals surface area contributed by atoms with Gasteiger partial charge in [0, 0.05) is 19.4 Å². The normalized spacial score (nSPS) is 22.9. The largest absolute Gasteiger partial charge is 0.466 e. The molecule has 3 rings (SSSR count). The van der Waals surface area contributed by atoms with Crippen molar-refractivity contribution < 1.29 is 67.7 Å². The highest BCUT2D eigenvalue weighted by Crippen LogP contribution is 2.12. The van der Waals surface area contributed by atoms with Crippen LogP contribution in [-0.2, 0) is 67.2 Å². The minimum atomic E-state index is -1.83. The zero-order valence-electron chi connectivity index (χ0n) is 44.0. The van der Waals surface area contributed by atoms with Crippen molar-refractivity contribution in [2.24, 2.45) is 23.1 Å². The molecule has 1 aromatic carbocycles. The number of carbonyl (C=O) groups excluding carboxylic acids is 10. The van der Waals surface area contributed by atoms with Gasteiger partial charge in [-0.05, 0) is 82.8 Å². The Morgan fingerprint density at radius 3 is 1.79 bits per heavy atom. The van der Waals surface area contributed by atoms with Crippen LogP contribution in [0.1, 0.15) is 77.4 Å². The maximum atomic E-state index is 14.3. The van der Waals surface area contributed by atoms with Gasteiger partial charge in [-0.1, -0.05) is 57.2 Å². The second kappa shape index (κ2) is 32.3. The lowest BCUT2D eigenvalue weighted by Gasteiger charge is -2.27. The molecule has 1 aliphatic rings. The molecule has 27 heteroatoms. The van der Waals surface area contributed by atoms with E-state index in [2.05, 4.69) is 53.2 Å². The molecule has 10 atom stereocenters. The fourth-order valence-electron chi connectivity index (χ4n) is 7.75. The van der Waals surface area contributed by atoms with Gasteiger partial charge in [-0.2, -0.15) is 0 Å². The number of rotatable bonds is 20. The molecular formula is C50H77N13O14. The number of furan rings is 1. The summed E-state index contributed by atoms with van der Waals surface area (Å²) in [6.45, 7) is 5.58. The van der Waals surface area contributed by atoms with E-state index >= 15 is 0 Å². The zero-order chi connectivity index (χ0) is 57.4. The third kappa shape index (κ3) is 21.0. The molecule has 426 valence electrons. The van der Waals surface area contributed by atoms with Crippen LogP contribution in [0.4, 0.5) is 0 Å². The first-order valence-electron chi connectivity index (χ1n) is 25.5. The third-order valence-corrected chi connectivity index (χ3v) is 11.9. The van der Waals surface area contributed by atoms with E-state index < -0.39 is 139 Å². The van der Waals surface area contributed by atoms with Crippen LogP contribution in [-0.4, -0.2) is 168 Å². The zero-order valence-corrected chi connectivity index (χ0v) is 44.0. The summed E-state index contributed by atoms with van der Waals surface area (Å²) >= 11 is 0. The van der Waals surface area contributed by atoms with Crippen molar-refractivity contribution >= 4 is 59.1 Å². The van der Waals surface area contributed by atoms with Crippen molar-refractivity contribution in [3.63, 3.8) is 0 Å². The minimum absolute atomic E-state index is 0.125. The lowest BCUT2D eigenvalue weighted by molar-refractivity contribution is -0.136. The lowest BCUT2D eigenvalue weighted by Crippen LogP contribution is -2.61. The van der Waals surface area contributed by atoms with E-state index in [-0.39, 0.29) is 69.1 Å². The minimum Gasteiger partial charge on any atom is -0.466 e. The van der Waals surface area contributed by atoms with E-state index in [1.54, 1.807) is 56.3 Å². The van der Waals surface area contributed by atoms with Gasteiger partial charge < -0.3 is 90.1 Å². The molecule has 1 saturated heterocycles. The molecule has 0 aliphatic carbocycles. The average Bonchev–Trinajstić information content (AvgIpc) is 3.84. The maximum absolute atomic E-state index is 14.3. The monoisotopic (exact) mass is 1080 g/mol. The molecule has 0 unspecified atom stereocenters. The molecule has 77 heavy (non-hydrogen) atoms. The van der Waals surface area contributed by atoms with Gasteiger partial charge >= 0.3 is 0 Å². The fraction of sp³-hybridized carbons (Fsp3) is 0.560. The van der Waals surface area contributed by atoms with Crippen molar-refractivity contribution in [2.45, 2.75) is 140 Å². The predicted octanol–water partition coefficient (Wildman–Crippen LogP) is -5.52. The summed E-state index contributed by atoms with van der Waals surface area (Å²) in [5.74, 6) is -9.23. The number of nitrogens with one attached hydrogen (secondary N) is 10. The summed E-state index contributed by atoms with van der Waals surface area (Å²) in [5.41, 5.74) is 17.8. The number of aliphatic hydroxyl groups is 3. The molecule has 1 fully saturated rings. The van der Waals surface area contributed by atoms with Crippen LogP contribution in [0.5, 0.6) is 0 Å². The van der Waals surface area contributed by atoms with Gasteiger partial charge in [0.15, 0.2) is 0 Å². The summed E-state index contributed by atoms with van der Waals surface area (Å²) in [6.07, 6.45) is -2.67. The standard InChI is InChI=1S/C50H77N13O14/c1-6-30-12-13-31(77-30)24-39(67)62-41(28(5)66)50(76)61-38(25-64)48(74)58-35-17-21-54-49(75)40(27(4)65)63-45(71)34(16-20-53)56-42(68)32(14-18-51)57-46(72)36(22-26(2)3)59-47(73)37(23-29-10-8-7-9-11-29)60-43(69)33(15-19-52)55-44(35)70/h7-13,22,26-28,32-35,37-38,40-41,64-66H,6,14-21,23-25,51-53H2,1-5H3,(H,54,75)(H,55,70)(H,56,68)(H,57,72)(H,58,74)(H,59,73)(H,60,69)(H,61,76)(H,62,67)(H,63,71)/b36-22-/t27-,28-,32+,33+,34+,35+,37-,38-,40+,41+/m1/s1. The number of aliphatic hydroxyl groups excluding tert-OH is 3. The molecule has 2 heterocycles. The van der Waals surface area contributed by atoms with Gasteiger partial charge in [-0.3, -0.25) is 47.9 Å². The van der Waals surface area contributed by atoms with E-state index in [4.69, 9.17) is 21.6 Å². The Hall–Kier alpha value is -7.30. The Labute approximate surface area is 446 Å². The highest BCUT2D eigenvalue weighted by molar-refractivity contribution is 6.02. The summed E-state index contributed by atoms with van der Waals surface area (Å²) in [6, 6.07) is -0.967. The molecule has 19 N–H and O–H groups in total. The smallest absolute Gasteiger partial charge is 0.268 e. The first kappa shape index (κ1) is 64.0. The van der Waals surface area contributed by atoms with Crippen LogP contribution in [0.25, 0.3) is 0 Å². The van der Waals surface area contributed by atoms with Crippen molar-refractivity contribution in [2.75, 3.05) is 32.8 Å². The number of nitrogens with two attached hydrogens (primary N) is 3. The van der Waals surface area contributed by atoms with Crippen LogP contribution in [0.3, 0.4) is 0 Å². The SMILES string of the molecule is CCc1ccc(CC(=O)N[C@H](C(=O)N[C@H](CO)C(=O)N[C@H]2CCNC(=O)[C@H]([C@@H](C)O)NC(=O)[C@H](CCN)NC(=O)[C@H](CCN)NC(=O)/C(=C/C(C)C)NC(=O)[C@@H](Cc3ccccc3)NC(=O)[C@H](CCN)NC2=O)[C@@H](C)O)o1. The molecule has 2 aromatic rings. The highest BCUT2D eigenvalue weighted by Gasteiger charge is 2.36. The van der Waals surface area contributed by atoms with E-state index in [0.717, 1.165) is 0 Å². The lowest BCUT2D eigenvalue weighted by atomic mass is 10.0. The van der Waals surface area contributed by atoms with Gasteiger partial charge in [0.05, 0.1) is 25.2 Å². The summed E-state index contributed by atoms with van der Waals surface area (Å²) < 4.78 is 5.55. The molecule has 1 aliphatic heterocycles. The van der Waals surface area contributed by atoms with E-state index in [9.17, 15) is 63.3 Å². The number of benzene rings is 1. The number of hydrogen-bond donors (Lipinski definition) is 16. The Kier molecular flexibility index (Phi) is 26.9. The first-order chi connectivity index (χ1) is 36.5. The van der Waals surface area contributed by atoms with Gasteiger partial charge in [-0.15, -0.1) is 0 Å². The summed E-state index contributed by atoms with van der Waals surface area (Å²) in [5, 5.41) is 56.1. The summed E-state index contributed by atoms with van der Waals surface area (Å²) in [4.78, 5) is 138. The number of hydrogen-bond acceptors (Lipinski definition) is 17.